The van der Waals surface area contributed by atoms with Crippen LogP contribution in [-0.2, 0) is 4.79 Å². The molecule has 2 heterocycles. The first kappa shape index (κ1) is 17.9. The van der Waals surface area contributed by atoms with E-state index < -0.39 is 0 Å². The SMILES string of the molecule is CC(=O)N1CCN(c2ccnc(C(=O)Nc3cccc(C)c3C)c2)CC1. The van der Waals surface area contributed by atoms with Crippen molar-refractivity contribution in [1.29, 1.82) is 0 Å². The summed E-state index contributed by atoms with van der Waals surface area (Å²) in [6, 6.07) is 9.55. The van der Waals surface area contributed by atoms with Gasteiger partial charge in [0.2, 0.25) is 5.91 Å². The number of nitrogens with zero attached hydrogens (tertiary/aromatic N) is 3. The van der Waals surface area contributed by atoms with E-state index in [-0.39, 0.29) is 11.8 Å². The summed E-state index contributed by atoms with van der Waals surface area (Å²) in [6.07, 6.45) is 1.66. The third kappa shape index (κ3) is 3.85. The Labute approximate surface area is 153 Å². The van der Waals surface area contributed by atoms with Gasteiger partial charge in [-0.15, -0.1) is 0 Å². The molecule has 2 aromatic rings. The van der Waals surface area contributed by atoms with Crippen molar-refractivity contribution < 1.29 is 9.59 Å². The van der Waals surface area contributed by atoms with Gasteiger partial charge >= 0.3 is 0 Å². The molecule has 0 aliphatic carbocycles. The quantitative estimate of drug-likeness (QED) is 0.922. The molecule has 0 radical (unpaired) electrons. The first-order valence-corrected chi connectivity index (χ1v) is 8.80. The lowest BCUT2D eigenvalue weighted by Crippen LogP contribution is -2.48. The second kappa shape index (κ2) is 7.56. The summed E-state index contributed by atoms with van der Waals surface area (Å²) in [5, 5.41) is 2.95. The van der Waals surface area contributed by atoms with E-state index >= 15 is 0 Å². The van der Waals surface area contributed by atoms with Crippen LogP contribution in [-0.4, -0.2) is 47.9 Å². The van der Waals surface area contributed by atoms with E-state index in [1.54, 1.807) is 13.1 Å². The standard InChI is InChI=1S/C20H24N4O2/c1-14-5-4-6-18(15(14)2)22-20(26)19-13-17(7-8-21-19)24-11-9-23(10-12-24)16(3)25/h4-8,13H,9-12H2,1-3H3,(H,22,26). The van der Waals surface area contributed by atoms with Crippen molar-refractivity contribution in [2.75, 3.05) is 36.4 Å². The number of aromatic nitrogens is 1. The molecule has 1 N–H and O–H groups in total. The molecule has 0 saturated carbocycles. The Balaban J connectivity index is 1.72. The van der Waals surface area contributed by atoms with Gasteiger partial charge in [-0.3, -0.25) is 14.6 Å². The summed E-state index contributed by atoms with van der Waals surface area (Å²) in [7, 11) is 0. The van der Waals surface area contributed by atoms with Gasteiger partial charge in [-0.05, 0) is 43.2 Å². The number of hydrogen-bond donors (Lipinski definition) is 1. The van der Waals surface area contributed by atoms with Gasteiger partial charge in [0, 0.05) is 50.7 Å². The molecule has 6 heteroatoms. The third-order valence-electron chi connectivity index (χ3n) is 4.92. The fourth-order valence-electron chi connectivity index (χ4n) is 3.09. The van der Waals surface area contributed by atoms with Crippen LogP contribution < -0.4 is 10.2 Å². The maximum atomic E-state index is 12.6. The van der Waals surface area contributed by atoms with Crippen LogP contribution in [0.3, 0.4) is 0 Å². The van der Waals surface area contributed by atoms with Gasteiger partial charge in [-0.25, -0.2) is 0 Å². The summed E-state index contributed by atoms with van der Waals surface area (Å²) >= 11 is 0. The number of anilines is 2. The largest absolute Gasteiger partial charge is 0.368 e. The molecule has 1 fully saturated rings. The highest BCUT2D eigenvalue weighted by Gasteiger charge is 2.20. The number of aryl methyl sites for hydroxylation is 1. The maximum Gasteiger partial charge on any atom is 0.274 e. The fraction of sp³-hybridized carbons (Fsp3) is 0.350. The minimum atomic E-state index is -0.220. The molecule has 1 aliphatic rings. The molecule has 1 aliphatic heterocycles. The lowest BCUT2D eigenvalue weighted by atomic mass is 10.1. The molecule has 0 unspecified atom stereocenters. The van der Waals surface area contributed by atoms with Gasteiger partial charge in [0.25, 0.3) is 5.91 Å². The molecule has 1 saturated heterocycles. The van der Waals surface area contributed by atoms with Gasteiger partial charge in [0.1, 0.15) is 5.69 Å². The molecule has 0 atom stereocenters. The maximum absolute atomic E-state index is 12.6. The molecule has 26 heavy (non-hydrogen) atoms. The molecule has 6 nitrogen and oxygen atoms in total. The predicted molar refractivity (Wildman–Crippen MR) is 103 cm³/mol. The van der Waals surface area contributed by atoms with Crippen molar-refractivity contribution in [2.45, 2.75) is 20.8 Å². The van der Waals surface area contributed by atoms with Gasteiger partial charge in [-0.1, -0.05) is 12.1 Å². The average molecular weight is 352 g/mol. The van der Waals surface area contributed by atoms with E-state index in [4.69, 9.17) is 0 Å². The van der Waals surface area contributed by atoms with Crippen molar-refractivity contribution in [3.63, 3.8) is 0 Å². The first-order chi connectivity index (χ1) is 12.5. The Kier molecular flexibility index (Phi) is 5.21. The highest BCUT2D eigenvalue weighted by molar-refractivity contribution is 6.03. The minimum absolute atomic E-state index is 0.105. The number of carbonyl (C=O) groups is 2. The first-order valence-electron chi connectivity index (χ1n) is 8.80. The van der Waals surface area contributed by atoms with E-state index in [2.05, 4.69) is 15.2 Å². The fourth-order valence-corrected chi connectivity index (χ4v) is 3.09. The molecule has 0 bridgehead atoms. The number of hydrogen-bond acceptors (Lipinski definition) is 4. The summed E-state index contributed by atoms with van der Waals surface area (Å²) < 4.78 is 0. The number of pyridine rings is 1. The number of rotatable bonds is 3. The second-order valence-electron chi connectivity index (χ2n) is 6.59. The Morgan fingerprint density at radius 1 is 1.08 bits per heavy atom. The Morgan fingerprint density at radius 3 is 2.50 bits per heavy atom. The molecule has 0 spiro atoms. The Morgan fingerprint density at radius 2 is 1.81 bits per heavy atom. The highest BCUT2D eigenvalue weighted by atomic mass is 16.2. The minimum Gasteiger partial charge on any atom is -0.368 e. The molecule has 2 amide bonds. The van der Waals surface area contributed by atoms with Crippen molar-refractivity contribution in [1.82, 2.24) is 9.88 Å². The Hall–Kier alpha value is -2.89. The van der Waals surface area contributed by atoms with Gasteiger partial charge in [0.05, 0.1) is 0 Å². The van der Waals surface area contributed by atoms with Crippen molar-refractivity contribution in [3.8, 4) is 0 Å². The van der Waals surface area contributed by atoms with Gasteiger partial charge in [-0.2, -0.15) is 0 Å². The van der Waals surface area contributed by atoms with E-state index in [1.165, 1.54) is 0 Å². The average Bonchev–Trinajstić information content (AvgIpc) is 2.65. The Bertz CT molecular complexity index is 826. The van der Waals surface area contributed by atoms with Crippen molar-refractivity contribution in [3.05, 3.63) is 53.3 Å². The summed E-state index contributed by atoms with van der Waals surface area (Å²) in [5.41, 5.74) is 4.33. The number of piperazine rings is 1. The van der Waals surface area contributed by atoms with Gasteiger partial charge in [0.15, 0.2) is 0 Å². The number of amides is 2. The van der Waals surface area contributed by atoms with Crippen LogP contribution >= 0.6 is 0 Å². The summed E-state index contributed by atoms with van der Waals surface area (Å²) in [5.74, 6) is -0.115. The zero-order valence-corrected chi connectivity index (χ0v) is 15.5. The second-order valence-corrected chi connectivity index (χ2v) is 6.59. The van der Waals surface area contributed by atoms with Crippen LogP contribution in [0.1, 0.15) is 28.5 Å². The molecule has 1 aromatic heterocycles. The number of nitrogens with one attached hydrogen (secondary N) is 1. The molecular formula is C20H24N4O2. The summed E-state index contributed by atoms with van der Waals surface area (Å²) in [6.45, 7) is 8.50. The van der Waals surface area contributed by atoms with Crippen LogP contribution in [0.4, 0.5) is 11.4 Å². The smallest absolute Gasteiger partial charge is 0.274 e. The van der Waals surface area contributed by atoms with E-state index in [9.17, 15) is 9.59 Å². The van der Waals surface area contributed by atoms with Crippen LogP contribution in [0.2, 0.25) is 0 Å². The molecule has 1 aromatic carbocycles. The van der Waals surface area contributed by atoms with Crippen LogP contribution in [0.15, 0.2) is 36.5 Å². The monoisotopic (exact) mass is 352 g/mol. The topological polar surface area (TPSA) is 65.5 Å². The number of carbonyl (C=O) groups excluding carboxylic acids is 2. The van der Waals surface area contributed by atoms with E-state index in [1.807, 2.05) is 49.1 Å². The van der Waals surface area contributed by atoms with Crippen molar-refractivity contribution >= 4 is 23.2 Å². The van der Waals surface area contributed by atoms with E-state index in [0.29, 0.717) is 18.8 Å². The lowest BCUT2D eigenvalue weighted by Gasteiger charge is -2.35. The van der Waals surface area contributed by atoms with Crippen LogP contribution in [0.5, 0.6) is 0 Å². The highest BCUT2D eigenvalue weighted by Crippen LogP contribution is 2.20. The normalized spacial score (nSPS) is 14.3. The predicted octanol–water partition coefficient (Wildman–Crippen LogP) is 2.62. The van der Waals surface area contributed by atoms with E-state index in [0.717, 1.165) is 35.6 Å². The lowest BCUT2D eigenvalue weighted by molar-refractivity contribution is -0.129. The molecular weight excluding hydrogens is 328 g/mol. The number of benzene rings is 1. The van der Waals surface area contributed by atoms with Crippen LogP contribution in [0, 0.1) is 13.8 Å². The van der Waals surface area contributed by atoms with Crippen molar-refractivity contribution in [2.24, 2.45) is 0 Å². The zero-order chi connectivity index (χ0) is 18.7. The van der Waals surface area contributed by atoms with Crippen LogP contribution in [0.25, 0.3) is 0 Å². The third-order valence-corrected chi connectivity index (χ3v) is 4.92. The summed E-state index contributed by atoms with van der Waals surface area (Å²) in [4.78, 5) is 32.3. The zero-order valence-electron chi connectivity index (χ0n) is 15.5. The molecule has 136 valence electrons. The van der Waals surface area contributed by atoms with Gasteiger partial charge < -0.3 is 15.1 Å². The molecule has 3 rings (SSSR count).